The van der Waals surface area contributed by atoms with Crippen LogP contribution >= 0.6 is 27.3 Å². The molecule has 2 rings (SSSR count). The van der Waals surface area contributed by atoms with Crippen LogP contribution in [0.3, 0.4) is 0 Å². The van der Waals surface area contributed by atoms with Crippen LogP contribution < -0.4 is 5.32 Å². The molecule has 2 atom stereocenters. The summed E-state index contributed by atoms with van der Waals surface area (Å²) in [5, 5.41) is 4.20. The van der Waals surface area contributed by atoms with Gasteiger partial charge >= 0.3 is 0 Å². The van der Waals surface area contributed by atoms with Crippen molar-refractivity contribution in [3.8, 4) is 0 Å². The SMILES string of the molecule is CCc1ccc(C(=O)NC2CCCCC2CBr)s1. The van der Waals surface area contributed by atoms with Gasteiger partial charge in [0, 0.05) is 16.2 Å². The number of aryl methyl sites for hydroxylation is 1. The number of rotatable bonds is 4. The second kappa shape index (κ2) is 6.71. The normalized spacial score (nSPS) is 23.9. The highest BCUT2D eigenvalue weighted by Gasteiger charge is 2.26. The van der Waals surface area contributed by atoms with Crippen molar-refractivity contribution in [1.82, 2.24) is 5.32 Å². The highest BCUT2D eigenvalue weighted by atomic mass is 79.9. The van der Waals surface area contributed by atoms with Crippen molar-refractivity contribution < 1.29 is 4.79 Å². The highest BCUT2D eigenvalue weighted by molar-refractivity contribution is 9.09. The molecule has 18 heavy (non-hydrogen) atoms. The number of amides is 1. The van der Waals surface area contributed by atoms with Gasteiger partial charge in [0.15, 0.2) is 0 Å². The Morgan fingerprint density at radius 1 is 1.44 bits per heavy atom. The average Bonchev–Trinajstić information content (AvgIpc) is 2.88. The molecular formula is C14H20BrNOS. The molecule has 1 aliphatic rings. The number of hydrogen-bond acceptors (Lipinski definition) is 2. The van der Waals surface area contributed by atoms with Gasteiger partial charge in [-0.1, -0.05) is 35.7 Å². The summed E-state index contributed by atoms with van der Waals surface area (Å²) in [6, 6.07) is 4.35. The van der Waals surface area contributed by atoms with Gasteiger partial charge in [-0.15, -0.1) is 11.3 Å². The average molecular weight is 330 g/mol. The summed E-state index contributed by atoms with van der Waals surface area (Å²) < 4.78 is 0. The molecule has 1 amide bonds. The first-order valence-electron chi connectivity index (χ1n) is 6.70. The monoisotopic (exact) mass is 329 g/mol. The van der Waals surface area contributed by atoms with Crippen LogP contribution in [-0.4, -0.2) is 17.3 Å². The Morgan fingerprint density at radius 2 is 2.22 bits per heavy atom. The number of alkyl halides is 1. The van der Waals surface area contributed by atoms with E-state index in [2.05, 4.69) is 34.2 Å². The quantitative estimate of drug-likeness (QED) is 0.831. The van der Waals surface area contributed by atoms with E-state index in [-0.39, 0.29) is 5.91 Å². The first kappa shape index (κ1) is 14.1. The Balaban J connectivity index is 1.97. The molecule has 1 saturated carbocycles. The minimum Gasteiger partial charge on any atom is -0.348 e. The molecular weight excluding hydrogens is 310 g/mol. The zero-order valence-electron chi connectivity index (χ0n) is 10.7. The van der Waals surface area contributed by atoms with Crippen molar-refractivity contribution in [2.45, 2.75) is 45.1 Å². The van der Waals surface area contributed by atoms with Crippen LogP contribution in [0.25, 0.3) is 0 Å². The van der Waals surface area contributed by atoms with Crippen LogP contribution in [0, 0.1) is 5.92 Å². The van der Waals surface area contributed by atoms with E-state index in [4.69, 9.17) is 0 Å². The van der Waals surface area contributed by atoms with Gasteiger partial charge in [-0.05, 0) is 37.3 Å². The lowest BCUT2D eigenvalue weighted by Crippen LogP contribution is -2.42. The number of halogens is 1. The van der Waals surface area contributed by atoms with Crippen LogP contribution in [0.5, 0.6) is 0 Å². The maximum atomic E-state index is 12.2. The molecule has 0 aliphatic heterocycles. The lowest BCUT2D eigenvalue weighted by molar-refractivity contribution is 0.0916. The second-order valence-corrected chi connectivity index (χ2v) is 6.71. The van der Waals surface area contributed by atoms with Gasteiger partial charge in [-0.3, -0.25) is 4.79 Å². The molecule has 4 heteroatoms. The Labute approximate surface area is 121 Å². The lowest BCUT2D eigenvalue weighted by atomic mass is 9.86. The molecule has 0 bridgehead atoms. The summed E-state index contributed by atoms with van der Waals surface area (Å²) in [7, 11) is 0. The van der Waals surface area contributed by atoms with E-state index in [1.54, 1.807) is 11.3 Å². The van der Waals surface area contributed by atoms with Gasteiger partial charge in [-0.2, -0.15) is 0 Å². The maximum Gasteiger partial charge on any atom is 0.261 e. The minimum absolute atomic E-state index is 0.109. The summed E-state index contributed by atoms with van der Waals surface area (Å²) in [6.07, 6.45) is 5.88. The zero-order valence-corrected chi connectivity index (χ0v) is 13.1. The van der Waals surface area contributed by atoms with Crippen molar-refractivity contribution in [3.63, 3.8) is 0 Å². The van der Waals surface area contributed by atoms with E-state index in [9.17, 15) is 4.79 Å². The summed E-state index contributed by atoms with van der Waals surface area (Å²) in [5.41, 5.74) is 0. The number of thiophene rings is 1. The van der Waals surface area contributed by atoms with Crippen molar-refractivity contribution in [2.24, 2.45) is 5.92 Å². The smallest absolute Gasteiger partial charge is 0.261 e. The Morgan fingerprint density at radius 3 is 2.89 bits per heavy atom. The third-order valence-electron chi connectivity index (χ3n) is 3.66. The Bertz CT molecular complexity index is 404. The molecule has 1 heterocycles. The van der Waals surface area contributed by atoms with E-state index in [0.29, 0.717) is 12.0 Å². The molecule has 1 aromatic rings. The van der Waals surface area contributed by atoms with Crippen molar-refractivity contribution in [1.29, 1.82) is 0 Å². The number of carbonyl (C=O) groups is 1. The van der Waals surface area contributed by atoms with Gasteiger partial charge < -0.3 is 5.32 Å². The number of carbonyl (C=O) groups excluding carboxylic acids is 1. The van der Waals surface area contributed by atoms with E-state index >= 15 is 0 Å². The summed E-state index contributed by atoms with van der Waals surface area (Å²) >= 11 is 5.18. The molecule has 0 spiro atoms. The van der Waals surface area contributed by atoms with E-state index < -0.39 is 0 Å². The van der Waals surface area contributed by atoms with Gasteiger partial charge in [0.25, 0.3) is 5.91 Å². The molecule has 2 unspecified atom stereocenters. The van der Waals surface area contributed by atoms with Gasteiger partial charge in [0.05, 0.1) is 4.88 Å². The highest BCUT2D eigenvalue weighted by Crippen LogP contribution is 2.26. The fraction of sp³-hybridized carbons (Fsp3) is 0.643. The van der Waals surface area contributed by atoms with Crippen molar-refractivity contribution in [2.75, 3.05) is 5.33 Å². The van der Waals surface area contributed by atoms with Crippen LogP contribution in [0.2, 0.25) is 0 Å². The standard InChI is InChI=1S/C14H20BrNOS/c1-2-11-7-8-13(18-11)14(17)16-12-6-4-3-5-10(12)9-15/h7-8,10,12H,2-6,9H2,1H3,(H,16,17). The van der Waals surface area contributed by atoms with Crippen LogP contribution in [0.1, 0.15) is 47.2 Å². The third-order valence-corrected chi connectivity index (χ3v) is 5.72. The fourth-order valence-corrected chi connectivity index (χ4v) is 4.14. The molecule has 1 aliphatic carbocycles. The van der Waals surface area contributed by atoms with Gasteiger partial charge in [0.1, 0.15) is 0 Å². The van der Waals surface area contributed by atoms with E-state index in [0.717, 1.165) is 23.0 Å². The summed E-state index contributed by atoms with van der Waals surface area (Å²) in [6.45, 7) is 2.12. The molecule has 0 radical (unpaired) electrons. The largest absolute Gasteiger partial charge is 0.348 e. The first-order chi connectivity index (χ1) is 8.74. The first-order valence-corrected chi connectivity index (χ1v) is 8.64. The zero-order chi connectivity index (χ0) is 13.0. The van der Waals surface area contributed by atoms with Crippen LogP contribution in [0.4, 0.5) is 0 Å². The Kier molecular flexibility index (Phi) is 5.25. The lowest BCUT2D eigenvalue weighted by Gasteiger charge is -2.30. The molecule has 1 N–H and O–H groups in total. The predicted octanol–water partition coefficient (Wildman–Crippen LogP) is 3.99. The molecule has 0 saturated heterocycles. The number of hydrogen-bond donors (Lipinski definition) is 1. The summed E-state index contributed by atoms with van der Waals surface area (Å²) in [5.74, 6) is 0.700. The maximum absolute atomic E-state index is 12.2. The van der Waals surface area contributed by atoms with Gasteiger partial charge in [0.2, 0.25) is 0 Å². The van der Waals surface area contributed by atoms with E-state index in [1.807, 2.05) is 6.07 Å². The fourth-order valence-electron chi connectivity index (χ4n) is 2.51. The van der Waals surface area contributed by atoms with Crippen molar-refractivity contribution >= 4 is 33.2 Å². The topological polar surface area (TPSA) is 29.1 Å². The minimum atomic E-state index is 0.109. The van der Waals surface area contributed by atoms with Crippen molar-refractivity contribution in [3.05, 3.63) is 21.9 Å². The molecule has 1 aromatic heterocycles. The Hall–Kier alpha value is -0.350. The molecule has 0 aromatic carbocycles. The molecule has 2 nitrogen and oxygen atoms in total. The number of nitrogens with one attached hydrogen (secondary N) is 1. The van der Waals surface area contributed by atoms with Crippen LogP contribution in [0.15, 0.2) is 12.1 Å². The predicted molar refractivity (Wildman–Crippen MR) is 80.7 cm³/mol. The molecule has 1 fully saturated rings. The second-order valence-electron chi connectivity index (χ2n) is 4.90. The van der Waals surface area contributed by atoms with Crippen LogP contribution in [-0.2, 0) is 6.42 Å². The third kappa shape index (κ3) is 3.35. The van der Waals surface area contributed by atoms with E-state index in [1.165, 1.54) is 24.1 Å². The molecule has 100 valence electrons. The summed E-state index contributed by atoms with van der Waals surface area (Å²) in [4.78, 5) is 14.3. The van der Waals surface area contributed by atoms with Gasteiger partial charge in [-0.25, -0.2) is 0 Å².